The van der Waals surface area contributed by atoms with E-state index in [1.54, 1.807) is 0 Å². The molecule has 1 saturated heterocycles. The van der Waals surface area contributed by atoms with Crippen molar-refractivity contribution in [3.63, 3.8) is 0 Å². The summed E-state index contributed by atoms with van der Waals surface area (Å²) in [5.41, 5.74) is 0.0496. The van der Waals surface area contributed by atoms with Gasteiger partial charge < -0.3 is 14.7 Å². The van der Waals surface area contributed by atoms with Gasteiger partial charge in [-0.1, -0.05) is 17.7 Å². The number of carbonyl (C=O) groups is 2. The number of carboxylic acid groups (broad SMARTS) is 1. The molecule has 2 rings (SSSR count). The Morgan fingerprint density at radius 1 is 1.57 bits per heavy atom. The summed E-state index contributed by atoms with van der Waals surface area (Å²) < 4.78 is 19.0. The number of likely N-dealkylation sites (tertiary alicyclic amines) is 1. The van der Waals surface area contributed by atoms with Crippen LogP contribution in [0.15, 0.2) is 18.2 Å². The number of carbonyl (C=O) groups excluding carboxylic acids is 1. The average molecular weight is 316 g/mol. The van der Waals surface area contributed by atoms with Crippen molar-refractivity contribution in [2.75, 3.05) is 20.3 Å². The van der Waals surface area contributed by atoms with Gasteiger partial charge in [-0.3, -0.25) is 9.59 Å². The minimum atomic E-state index is -1.15. The Balaban J connectivity index is 2.46. The van der Waals surface area contributed by atoms with Crippen LogP contribution in [0.1, 0.15) is 18.0 Å². The maximum Gasteiger partial charge on any atom is 0.309 e. The molecule has 1 heterocycles. The molecule has 1 aromatic rings. The molecule has 0 bridgehead atoms. The van der Waals surface area contributed by atoms with Crippen molar-refractivity contribution in [2.24, 2.45) is 5.92 Å². The van der Waals surface area contributed by atoms with Gasteiger partial charge in [-0.25, -0.2) is 4.39 Å². The predicted octanol–water partition coefficient (Wildman–Crippen LogP) is 2.10. The number of amides is 1. The van der Waals surface area contributed by atoms with Crippen LogP contribution in [-0.4, -0.2) is 42.1 Å². The third kappa shape index (κ3) is 3.01. The van der Waals surface area contributed by atoms with E-state index in [9.17, 15) is 19.1 Å². The second-order valence-electron chi connectivity index (χ2n) is 4.81. The van der Waals surface area contributed by atoms with Gasteiger partial charge in [-0.05, 0) is 12.1 Å². The number of nitrogens with zero attached hydrogens (tertiary/aromatic N) is 1. The average Bonchev–Trinajstić information content (AvgIpc) is 2.74. The van der Waals surface area contributed by atoms with Gasteiger partial charge in [0.1, 0.15) is 5.82 Å². The molecule has 2 atom stereocenters. The van der Waals surface area contributed by atoms with E-state index in [1.165, 1.54) is 30.2 Å². The topological polar surface area (TPSA) is 66.8 Å². The van der Waals surface area contributed by atoms with Gasteiger partial charge in [0.15, 0.2) is 0 Å². The number of ether oxygens (including phenoxy) is 1. The van der Waals surface area contributed by atoms with Gasteiger partial charge in [0.25, 0.3) is 0 Å². The Kier molecular flexibility index (Phi) is 4.80. The number of methoxy groups -OCH3 is 1. The molecule has 21 heavy (non-hydrogen) atoms. The highest BCUT2D eigenvalue weighted by molar-refractivity contribution is 6.31. The quantitative estimate of drug-likeness (QED) is 0.903. The van der Waals surface area contributed by atoms with E-state index in [4.69, 9.17) is 16.3 Å². The summed E-state index contributed by atoms with van der Waals surface area (Å²) >= 11 is 6.02. The zero-order valence-corrected chi connectivity index (χ0v) is 12.1. The van der Waals surface area contributed by atoms with Gasteiger partial charge in [0.05, 0.1) is 18.6 Å². The summed E-state index contributed by atoms with van der Waals surface area (Å²) in [6.45, 7) is 0.426. The number of carboxylic acids is 1. The van der Waals surface area contributed by atoms with E-state index < -0.39 is 23.7 Å². The fourth-order valence-electron chi connectivity index (χ4n) is 2.62. The molecule has 114 valence electrons. The minimum absolute atomic E-state index is 0.0496. The molecular formula is C14H15ClFNO4. The van der Waals surface area contributed by atoms with E-state index in [2.05, 4.69) is 0 Å². The molecule has 1 aliphatic rings. The third-order valence-electron chi connectivity index (χ3n) is 3.58. The molecular weight excluding hydrogens is 301 g/mol. The molecule has 0 radical (unpaired) electrons. The monoisotopic (exact) mass is 315 g/mol. The molecule has 0 spiro atoms. The van der Waals surface area contributed by atoms with Crippen molar-refractivity contribution in [3.05, 3.63) is 34.6 Å². The first-order chi connectivity index (χ1) is 9.97. The largest absolute Gasteiger partial charge is 0.481 e. The van der Waals surface area contributed by atoms with Crippen LogP contribution in [0.5, 0.6) is 0 Å². The Hall–Kier alpha value is -1.66. The Bertz CT molecular complexity index is 546. The number of benzene rings is 1. The van der Waals surface area contributed by atoms with Gasteiger partial charge >= 0.3 is 5.97 Å². The van der Waals surface area contributed by atoms with Gasteiger partial charge in [0, 0.05) is 30.7 Å². The second-order valence-corrected chi connectivity index (χ2v) is 5.22. The predicted molar refractivity (Wildman–Crippen MR) is 73.5 cm³/mol. The summed E-state index contributed by atoms with van der Waals surface area (Å²) in [5.74, 6) is -3.13. The van der Waals surface area contributed by atoms with E-state index >= 15 is 0 Å². The summed E-state index contributed by atoms with van der Waals surface area (Å²) in [6.07, 6.45) is -0.172. The molecule has 0 aromatic heterocycles. The van der Waals surface area contributed by atoms with Crippen LogP contribution in [-0.2, 0) is 14.3 Å². The summed E-state index contributed by atoms with van der Waals surface area (Å²) in [7, 11) is 1.47. The smallest absolute Gasteiger partial charge is 0.309 e. The van der Waals surface area contributed by atoms with Gasteiger partial charge in [0.2, 0.25) is 5.91 Å². The van der Waals surface area contributed by atoms with Crippen LogP contribution in [0, 0.1) is 11.7 Å². The van der Waals surface area contributed by atoms with Crippen LogP contribution < -0.4 is 0 Å². The van der Waals surface area contributed by atoms with Gasteiger partial charge in [-0.2, -0.15) is 0 Å². The number of halogens is 2. The first-order valence-electron chi connectivity index (χ1n) is 6.42. The van der Waals surface area contributed by atoms with Crippen LogP contribution in [0.2, 0.25) is 5.02 Å². The maximum atomic E-state index is 14.1. The Morgan fingerprint density at radius 3 is 2.86 bits per heavy atom. The second kappa shape index (κ2) is 6.41. The Labute approximate surface area is 126 Å². The molecule has 1 aromatic carbocycles. The molecule has 0 aliphatic carbocycles. The van der Waals surface area contributed by atoms with Crippen LogP contribution in [0.4, 0.5) is 4.39 Å². The number of hydrogen-bond acceptors (Lipinski definition) is 3. The number of hydrogen-bond donors (Lipinski definition) is 1. The molecule has 1 aliphatic heterocycles. The van der Waals surface area contributed by atoms with E-state index in [0.717, 1.165) is 0 Å². The normalized spacial score (nSPS) is 21.9. The third-order valence-corrected chi connectivity index (χ3v) is 3.91. The van der Waals surface area contributed by atoms with Crippen molar-refractivity contribution >= 4 is 23.5 Å². The number of aliphatic carboxylic acids is 1. The zero-order valence-electron chi connectivity index (χ0n) is 11.4. The fourth-order valence-corrected chi connectivity index (χ4v) is 2.89. The van der Waals surface area contributed by atoms with E-state index in [0.29, 0.717) is 0 Å². The van der Waals surface area contributed by atoms with E-state index in [-0.39, 0.29) is 36.1 Å². The van der Waals surface area contributed by atoms with Crippen molar-refractivity contribution in [3.8, 4) is 0 Å². The fraction of sp³-hybridized carbons (Fsp3) is 0.429. The summed E-state index contributed by atoms with van der Waals surface area (Å²) in [6, 6.07) is 3.21. The summed E-state index contributed by atoms with van der Waals surface area (Å²) in [4.78, 5) is 24.8. The zero-order chi connectivity index (χ0) is 15.6. The van der Waals surface area contributed by atoms with Gasteiger partial charge in [-0.15, -0.1) is 0 Å². The molecule has 2 unspecified atom stereocenters. The van der Waals surface area contributed by atoms with Crippen LogP contribution >= 0.6 is 11.6 Å². The molecule has 1 N–H and O–H groups in total. The highest BCUT2D eigenvalue weighted by Gasteiger charge is 2.46. The lowest BCUT2D eigenvalue weighted by atomic mass is 9.93. The lowest BCUT2D eigenvalue weighted by molar-refractivity contribution is -0.142. The van der Waals surface area contributed by atoms with Crippen LogP contribution in [0.25, 0.3) is 0 Å². The molecule has 5 nitrogen and oxygen atoms in total. The lowest BCUT2D eigenvalue weighted by Crippen LogP contribution is -2.34. The van der Waals surface area contributed by atoms with Crippen molar-refractivity contribution < 1.29 is 23.8 Å². The van der Waals surface area contributed by atoms with Crippen molar-refractivity contribution in [1.29, 1.82) is 0 Å². The van der Waals surface area contributed by atoms with Crippen molar-refractivity contribution in [2.45, 2.75) is 12.5 Å². The molecule has 1 fully saturated rings. The standard InChI is InChI=1S/C14H15ClFNO4/c1-21-6-5-17-11(18)7-8(14(19)20)13(17)12-9(15)3-2-4-10(12)16/h2-4,8,13H,5-7H2,1H3,(H,19,20). The molecule has 0 saturated carbocycles. The highest BCUT2D eigenvalue weighted by Crippen LogP contribution is 2.41. The van der Waals surface area contributed by atoms with Crippen LogP contribution in [0.3, 0.4) is 0 Å². The molecule has 1 amide bonds. The number of rotatable bonds is 5. The highest BCUT2D eigenvalue weighted by atomic mass is 35.5. The first-order valence-corrected chi connectivity index (χ1v) is 6.80. The van der Waals surface area contributed by atoms with E-state index in [1.807, 2.05) is 0 Å². The lowest BCUT2D eigenvalue weighted by Gasteiger charge is -2.28. The summed E-state index contributed by atoms with van der Waals surface area (Å²) in [5, 5.41) is 9.43. The Morgan fingerprint density at radius 2 is 2.29 bits per heavy atom. The minimum Gasteiger partial charge on any atom is -0.481 e. The first kappa shape index (κ1) is 15.7. The maximum absolute atomic E-state index is 14.1. The van der Waals surface area contributed by atoms with Crippen molar-refractivity contribution in [1.82, 2.24) is 4.90 Å². The SMILES string of the molecule is COCCN1C(=O)CC(C(=O)O)C1c1c(F)cccc1Cl. The molecule has 7 heteroatoms.